The summed E-state index contributed by atoms with van der Waals surface area (Å²) in [6.45, 7) is 3.74. The smallest absolute Gasteiger partial charge is 0.290 e. The van der Waals surface area contributed by atoms with Crippen LogP contribution in [0.4, 0.5) is 0 Å². The van der Waals surface area contributed by atoms with Crippen LogP contribution in [0.25, 0.3) is 10.8 Å². The van der Waals surface area contributed by atoms with Crippen molar-refractivity contribution in [2.24, 2.45) is 0 Å². The van der Waals surface area contributed by atoms with Crippen LogP contribution in [-0.2, 0) is 4.79 Å². The summed E-state index contributed by atoms with van der Waals surface area (Å²) in [5.74, 6) is -1.32. The van der Waals surface area contributed by atoms with E-state index in [4.69, 9.17) is 0 Å². The molecule has 3 N–H and O–H groups in total. The highest BCUT2D eigenvalue weighted by Crippen LogP contribution is 2.14. The van der Waals surface area contributed by atoms with Gasteiger partial charge in [0.25, 0.3) is 11.5 Å². The first-order chi connectivity index (χ1) is 13.9. The normalized spacial score (nSPS) is 10.6. The minimum absolute atomic E-state index is 0.0197. The number of aryl methyl sites for hydroxylation is 2. The van der Waals surface area contributed by atoms with Crippen molar-refractivity contribution >= 4 is 28.4 Å². The predicted octanol–water partition coefficient (Wildman–Crippen LogP) is 1.96. The number of aromatic nitrogens is 2. The molecule has 3 rings (SSSR count). The first-order valence-corrected chi connectivity index (χ1v) is 9.04. The second-order valence-electron chi connectivity index (χ2n) is 6.69. The number of aromatic amines is 1. The molecule has 1 heterocycles. The number of nitrogens with zero attached hydrogens (tertiary/aromatic N) is 1. The van der Waals surface area contributed by atoms with E-state index in [-0.39, 0.29) is 24.3 Å². The molecule has 1 aromatic heterocycles. The lowest BCUT2D eigenvalue weighted by molar-refractivity contribution is -0.121. The number of fused-ring (bicyclic) bond motifs is 1. The van der Waals surface area contributed by atoms with Gasteiger partial charge in [-0.05, 0) is 31.5 Å². The van der Waals surface area contributed by atoms with Gasteiger partial charge in [0.15, 0.2) is 11.5 Å². The van der Waals surface area contributed by atoms with Crippen LogP contribution < -0.4 is 16.4 Å². The van der Waals surface area contributed by atoms with Crippen LogP contribution >= 0.6 is 0 Å². The van der Waals surface area contributed by atoms with Gasteiger partial charge in [0.05, 0.1) is 5.39 Å². The molecule has 148 valence electrons. The van der Waals surface area contributed by atoms with Crippen molar-refractivity contribution in [3.63, 3.8) is 0 Å². The van der Waals surface area contributed by atoms with Crippen LogP contribution in [0.2, 0.25) is 0 Å². The minimum Gasteiger partial charge on any atom is -0.294 e. The average molecular weight is 392 g/mol. The van der Waals surface area contributed by atoms with Gasteiger partial charge in [-0.2, -0.15) is 5.10 Å². The van der Waals surface area contributed by atoms with E-state index in [0.717, 1.165) is 11.1 Å². The molecule has 0 radical (unpaired) electrons. The van der Waals surface area contributed by atoms with Gasteiger partial charge in [-0.1, -0.05) is 35.9 Å². The van der Waals surface area contributed by atoms with Crippen LogP contribution in [0, 0.1) is 13.8 Å². The largest absolute Gasteiger partial charge is 0.294 e. The fourth-order valence-corrected chi connectivity index (χ4v) is 2.93. The maximum Gasteiger partial charge on any atom is 0.290 e. The Labute approximate surface area is 166 Å². The Morgan fingerprint density at radius 3 is 2.45 bits per heavy atom. The number of Topliss-reactive ketones (excluding diaryl/α,β-unsaturated/α-hetero) is 1. The molecule has 2 amide bonds. The van der Waals surface area contributed by atoms with E-state index in [0.29, 0.717) is 16.3 Å². The molecule has 0 aliphatic rings. The van der Waals surface area contributed by atoms with Gasteiger partial charge in [-0.25, -0.2) is 5.10 Å². The molecule has 0 aliphatic carbocycles. The number of nitrogens with one attached hydrogen (secondary N) is 3. The highest BCUT2D eigenvalue weighted by Gasteiger charge is 2.16. The highest BCUT2D eigenvalue weighted by atomic mass is 16.2. The molecular formula is C21H20N4O4. The molecule has 3 aromatic rings. The van der Waals surface area contributed by atoms with Gasteiger partial charge in [0.2, 0.25) is 5.91 Å². The lowest BCUT2D eigenvalue weighted by Crippen LogP contribution is -2.42. The summed E-state index contributed by atoms with van der Waals surface area (Å²) in [6, 6.07) is 12.1. The Morgan fingerprint density at radius 2 is 1.69 bits per heavy atom. The van der Waals surface area contributed by atoms with Crippen molar-refractivity contribution in [2.45, 2.75) is 26.7 Å². The number of rotatable bonds is 5. The fourth-order valence-electron chi connectivity index (χ4n) is 2.93. The number of carbonyl (C=O) groups is 3. The zero-order valence-electron chi connectivity index (χ0n) is 16.0. The van der Waals surface area contributed by atoms with Gasteiger partial charge in [0.1, 0.15) is 0 Å². The Morgan fingerprint density at radius 1 is 0.966 bits per heavy atom. The second-order valence-corrected chi connectivity index (χ2v) is 6.69. The molecular weight excluding hydrogens is 372 g/mol. The van der Waals surface area contributed by atoms with Gasteiger partial charge in [-0.3, -0.25) is 30.0 Å². The van der Waals surface area contributed by atoms with Crippen molar-refractivity contribution in [2.75, 3.05) is 0 Å². The molecule has 2 aromatic carbocycles. The van der Waals surface area contributed by atoms with Crippen molar-refractivity contribution in [3.05, 3.63) is 75.2 Å². The van der Waals surface area contributed by atoms with Gasteiger partial charge in [-0.15, -0.1) is 0 Å². The van der Waals surface area contributed by atoms with Crippen molar-refractivity contribution in [1.82, 2.24) is 21.0 Å². The lowest BCUT2D eigenvalue weighted by atomic mass is 9.99. The van der Waals surface area contributed by atoms with E-state index in [1.165, 1.54) is 0 Å². The number of hydrogen-bond donors (Lipinski definition) is 3. The summed E-state index contributed by atoms with van der Waals surface area (Å²) in [6.07, 6.45) is -0.0574. The molecule has 0 aliphatic heterocycles. The van der Waals surface area contributed by atoms with E-state index in [9.17, 15) is 19.2 Å². The minimum atomic E-state index is -0.674. The van der Waals surface area contributed by atoms with Crippen LogP contribution in [0.15, 0.2) is 47.3 Å². The number of H-pyrrole nitrogens is 1. The van der Waals surface area contributed by atoms with Crippen molar-refractivity contribution < 1.29 is 14.4 Å². The molecule has 8 heteroatoms. The maximum atomic E-state index is 12.3. The Bertz CT molecular complexity index is 1170. The van der Waals surface area contributed by atoms with Crippen LogP contribution in [0.1, 0.15) is 44.8 Å². The SMILES string of the molecule is Cc1ccc(C)c(C(=O)CCC(=O)NNC(=O)c2n[nH]c(=O)c3ccccc23)c1. The Kier molecular flexibility index (Phi) is 5.82. The third-order valence-corrected chi connectivity index (χ3v) is 4.50. The maximum absolute atomic E-state index is 12.3. The molecule has 0 spiro atoms. The Hall–Kier alpha value is -3.81. The summed E-state index contributed by atoms with van der Waals surface area (Å²) in [5.41, 5.74) is 6.51. The van der Waals surface area contributed by atoms with E-state index in [1.54, 1.807) is 30.3 Å². The summed E-state index contributed by atoms with van der Waals surface area (Å²) in [4.78, 5) is 48.5. The molecule has 0 saturated heterocycles. The predicted molar refractivity (Wildman–Crippen MR) is 107 cm³/mol. The third kappa shape index (κ3) is 4.55. The quantitative estimate of drug-likeness (QED) is 0.453. The van der Waals surface area contributed by atoms with Crippen LogP contribution in [0.5, 0.6) is 0 Å². The van der Waals surface area contributed by atoms with Crippen LogP contribution in [0.3, 0.4) is 0 Å². The number of carbonyl (C=O) groups excluding carboxylic acids is 3. The topological polar surface area (TPSA) is 121 Å². The molecule has 8 nitrogen and oxygen atoms in total. The summed E-state index contributed by atoms with van der Waals surface area (Å²) in [5, 5.41) is 6.70. The molecule has 0 bridgehead atoms. The van der Waals surface area contributed by atoms with E-state index < -0.39 is 17.4 Å². The van der Waals surface area contributed by atoms with E-state index >= 15 is 0 Å². The summed E-state index contributed by atoms with van der Waals surface area (Å²) >= 11 is 0. The van der Waals surface area contributed by atoms with Crippen LogP contribution in [-0.4, -0.2) is 27.8 Å². The number of hydrogen-bond acceptors (Lipinski definition) is 5. The Balaban J connectivity index is 1.59. The van der Waals surface area contributed by atoms with Crippen molar-refractivity contribution in [1.29, 1.82) is 0 Å². The number of amides is 2. The molecule has 0 saturated carbocycles. The fraction of sp³-hybridized carbons (Fsp3) is 0.190. The zero-order chi connectivity index (χ0) is 21.0. The molecule has 0 atom stereocenters. The third-order valence-electron chi connectivity index (χ3n) is 4.50. The highest BCUT2D eigenvalue weighted by molar-refractivity contribution is 6.05. The molecule has 0 fully saturated rings. The lowest BCUT2D eigenvalue weighted by Gasteiger charge is -2.09. The molecule has 29 heavy (non-hydrogen) atoms. The standard InChI is InChI=1S/C21H20N4O4/c1-12-7-8-13(2)16(11-12)17(26)9-10-18(27)22-25-21(29)19-14-5-3-4-6-15(14)20(28)24-23-19/h3-8,11H,9-10H2,1-2H3,(H,22,27)(H,24,28)(H,25,29). The van der Waals surface area contributed by atoms with E-state index in [2.05, 4.69) is 21.0 Å². The zero-order valence-corrected chi connectivity index (χ0v) is 16.0. The van der Waals surface area contributed by atoms with Gasteiger partial charge in [0, 0.05) is 23.8 Å². The first kappa shape index (κ1) is 19.9. The number of benzene rings is 2. The summed E-state index contributed by atoms with van der Waals surface area (Å²) < 4.78 is 0. The number of ketones is 1. The summed E-state index contributed by atoms with van der Waals surface area (Å²) in [7, 11) is 0. The second kappa shape index (κ2) is 8.47. The van der Waals surface area contributed by atoms with Crippen molar-refractivity contribution in [3.8, 4) is 0 Å². The monoisotopic (exact) mass is 392 g/mol. The number of hydrazine groups is 1. The van der Waals surface area contributed by atoms with E-state index in [1.807, 2.05) is 26.0 Å². The molecule has 0 unspecified atom stereocenters. The van der Waals surface area contributed by atoms with Gasteiger partial charge < -0.3 is 0 Å². The van der Waals surface area contributed by atoms with Gasteiger partial charge >= 0.3 is 0 Å². The average Bonchev–Trinajstić information content (AvgIpc) is 2.72. The first-order valence-electron chi connectivity index (χ1n) is 9.04.